The second kappa shape index (κ2) is 9.01. The van der Waals surface area contributed by atoms with E-state index in [-0.39, 0.29) is 49.1 Å². The first-order valence-electron chi connectivity index (χ1n) is 4.27. The summed E-state index contributed by atoms with van der Waals surface area (Å²) in [6.07, 6.45) is 0. The summed E-state index contributed by atoms with van der Waals surface area (Å²) in [5, 5.41) is 18.8. The number of hydrogen-bond donors (Lipinski definition) is 1. The van der Waals surface area contributed by atoms with Gasteiger partial charge in [0.15, 0.2) is 0 Å². The molecule has 0 aliphatic rings. The second-order valence-corrected chi connectivity index (χ2v) is 3.23. The molecule has 0 radical (unpaired) electrons. The Labute approximate surface area is 120 Å². The molecule has 1 N–H and O–H groups in total. The van der Waals surface area contributed by atoms with Crippen LogP contribution in [0.4, 0.5) is 0 Å². The van der Waals surface area contributed by atoms with Gasteiger partial charge >= 0.3 is 37.7 Å². The number of aromatic hydroxyl groups is 1. The Balaban J connectivity index is 0. The molecular formula is C11H14CaO3. The average Bonchev–Trinajstić information content (AvgIpc) is 2.03. The third kappa shape index (κ3) is 10.0. The van der Waals surface area contributed by atoms with Crippen molar-refractivity contribution >= 4 is 43.7 Å². The minimum atomic E-state index is -1.24. The summed E-state index contributed by atoms with van der Waals surface area (Å²) in [5.41, 5.74) is 0.0674. The van der Waals surface area contributed by atoms with Gasteiger partial charge in [0.2, 0.25) is 0 Å². The summed E-state index contributed by atoms with van der Waals surface area (Å²) >= 11 is 0. The summed E-state index contributed by atoms with van der Waals surface area (Å²) < 4.78 is 0. The maximum absolute atomic E-state index is 10.1. The predicted molar refractivity (Wildman–Crippen MR) is 58.4 cm³/mol. The molecule has 1 aromatic carbocycles. The van der Waals surface area contributed by atoms with Crippen molar-refractivity contribution in [2.45, 2.75) is 13.8 Å². The van der Waals surface area contributed by atoms with Crippen molar-refractivity contribution in [2.75, 3.05) is 0 Å². The van der Waals surface area contributed by atoms with E-state index >= 15 is 0 Å². The number of carboxylic acid groups (broad SMARTS) is 1. The molecule has 0 fully saturated rings. The molecule has 1 aromatic rings. The number of benzene rings is 1. The molecule has 0 bridgehead atoms. The number of rotatable bonds is 1. The number of carbonyl (C=O) groups is 1. The van der Waals surface area contributed by atoms with Gasteiger partial charge in [-0.2, -0.15) is 5.92 Å². The number of carbonyl (C=O) groups excluding carboxylic acids is 1. The van der Waals surface area contributed by atoms with Crippen LogP contribution in [0.25, 0.3) is 0 Å². The number of aromatic carboxylic acids is 1. The van der Waals surface area contributed by atoms with Crippen LogP contribution < -0.4 is 5.11 Å². The molecule has 0 saturated carbocycles. The molecule has 3 nitrogen and oxygen atoms in total. The molecule has 0 amide bonds. The number of carboxylic acids is 1. The van der Waals surface area contributed by atoms with Crippen LogP contribution >= 0.6 is 0 Å². The van der Waals surface area contributed by atoms with E-state index in [2.05, 4.69) is 20.8 Å². The maximum atomic E-state index is 10.1. The summed E-state index contributed by atoms with van der Waals surface area (Å²) in [7, 11) is 0. The van der Waals surface area contributed by atoms with Crippen LogP contribution in [0.1, 0.15) is 24.2 Å². The number of phenols is 1. The van der Waals surface area contributed by atoms with Crippen LogP contribution in [0.3, 0.4) is 0 Å². The molecule has 78 valence electrons. The first-order chi connectivity index (χ1) is 6.43. The van der Waals surface area contributed by atoms with E-state index < -0.39 is 5.97 Å². The fraction of sp³-hybridized carbons (Fsp3) is 0.273. The molecule has 15 heavy (non-hydrogen) atoms. The van der Waals surface area contributed by atoms with Crippen molar-refractivity contribution in [1.82, 2.24) is 0 Å². The van der Waals surface area contributed by atoms with Gasteiger partial charge in [-0.25, -0.2) is 0 Å². The van der Waals surface area contributed by atoms with Gasteiger partial charge in [0.05, 0.1) is 5.97 Å². The first-order valence-corrected chi connectivity index (χ1v) is 4.27. The summed E-state index contributed by atoms with van der Waals surface area (Å²) in [4.78, 5) is 10.1. The first kappa shape index (κ1) is 17.2. The molecule has 0 heterocycles. The fourth-order valence-corrected chi connectivity index (χ4v) is 0.598. The molecule has 0 spiro atoms. The van der Waals surface area contributed by atoms with Crippen LogP contribution in [0.2, 0.25) is 0 Å². The SMILES string of the molecule is O=C([O-])c1ccc(O)cc1.[CH2-]C(C)C.[Ca+2]. The zero-order chi connectivity index (χ0) is 11.1. The third-order valence-electron chi connectivity index (χ3n) is 1.10. The standard InChI is InChI=1S/C7H6O3.C4H9.Ca/c8-6-3-1-5(2-4-6)7(9)10;1-4(2)3;/h1-4,8H,(H,9,10);4H,1H2,2-3H3;/q;-1;+2/p-1. The monoisotopic (exact) mass is 234 g/mol. The van der Waals surface area contributed by atoms with Gasteiger partial charge < -0.3 is 21.9 Å². The van der Waals surface area contributed by atoms with E-state index in [0.29, 0.717) is 5.92 Å². The number of hydrogen-bond acceptors (Lipinski definition) is 3. The van der Waals surface area contributed by atoms with E-state index in [9.17, 15) is 9.90 Å². The Morgan fingerprint density at radius 2 is 1.67 bits per heavy atom. The van der Waals surface area contributed by atoms with Gasteiger partial charge in [-0.05, 0) is 29.8 Å². The molecule has 1 rings (SSSR count). The van der Waals surface area contributed by atoms with Gasteiger partial charge in [0.25, 0.3) is 0 Å². The Morgan fingerprint density at radius 1 is 1.33 bits per heavy atom. The van der Waals surface area contributed by atoms with Gasteiger partial charge in [0.1, 0.15) is 5.75 Å². The quantitative estimate of drug-likeness (QED) is 0.579. The van der Waals surface area contributed by atoms with Crippen molar-refractivity contribution in [1.29, 1.82) is 0 Å². The minimum Gasteiger partial charge on any atom is -0.545 e. The molecular weight excluding hydrogens is 220 g/mol. The summed E-state index contributed by atoms with van der Waals surface area (Å²) in [6, 6.07) is 5.16. The van der Waals surface area contributed by atoms with Crippen molar-refractivity contribution in [3.63, 3.8) is 0 Å². The fourth-order valence-electron chi connectivity index (χ4n) is 0.598. The van der Waals surface area contributed by atoms with Crippen LogP contribution in [0.15, 0.2) is 24.3 Å². The Morgan fingerprint density at radius 3 is 1.93 bits per heavy atom. The topological polar surface area (TPSA) is 60.4 Å². The molecule has 0 saturated heterocycles. The molecule has 0 aromatic heterocycles. The van der Waals surface area contributed by atoms with Gasteiger partial charge in [-0.15, -0.1) is 0 Å². The normalized spacial score (nSPS) is 8.53. The smallest absolute Gasteiger partial charge is 0.545 e. The van der Waals surface area contributed by atoms with Crippen LogP contribution in [-0.4, -0.2) is 48.8 Å². The van der Waals surface area contributed by atoms with Crippen molar-refractivity contribution in [3.05, 3.63) is 36.8 Å². The van der Waals surface area contributed by atoms with Crippen LogP contribution in [0, 0.1) is 12.8 Å². The summed E-state index contributed by atoms with van der Waals surface area (Å²) in [5.74, 6) is -0.606. The average molecular weight is 234 g/mol. The molecule has 0 atom stereocenters. The van der Waals surface area contributed by atoms with Crippen molar-refractivity contribution in [2.24, 2.45) is 5.92 Å². The van der Waals surface area contributed by atoms with Gasteiger partial charge in [-0.3, -0.25) is 0 Å². The van der Waals surface area contributed by atoms with E-state index in [1.807, 2.05) is 0 Å². The third-order valence-corrected chi connectivity index (χ3v) is 1.10. The van der Waals surface area contributed by atoms with E-state index in [4.69, 9.17) is 5.11 Å². The zero-order valence-corrected chi connectivity index (χ0v) is 11.3. The Hall–Kier alpha value is -0.250. The van der Waals surface area contributed by atoms with Gasteiger partial charge in [-0.1, -0.05) is 13.8 Å². The van der Waals surface area contributed by atoms with Crippen molar-refractivity contribution < 1.29 is 15.0 Å². The Kier molecular flexibility index (Phi) is 10.3. The van der Waals surface area contributed by atoms with Gasteiger partial charge in [0, 0.05) is 0 Å². The zero-order valence-electron chi connectivity index (χ0n) is 9.06. The maximum Gasteiger partial charge on any atom is 2.00 e. The van der Waals surface area contributed by atoms with Crippen LogP contribution in [0.5, 0.6) is 5.75 Å². The Bertz CT molecular complexity index is 278. The van der Waals surface area contributed by atoms with E-state index in [1.54, 1.807) is 0 Å². The predicted octanol–water partition coefficient (Wildman–Crippen LogP) is 0.851. The minimum absolute atomic E-state index is 0. The van der Waals surface area contributed by atoms with E-state index in [0.717, 1.165) is 0 Å². The molecule has 0 unspecified atom stereocenters. The summed E-state index contributed by atoms with van der Waals surface area (Å²) in [6.45, 7) is 7.75. The van der Waals surface area contributed by atoms with Crippen LogP contribution in [-0.2, 0) is 0 Å². The molecule has 0 aliphatic heterocycles. The van der Waals surface area contributed by atoms with Crippen molar-refractivity contribution in [3.8, 4) is 5.75 Å². The van der Waals surface area contributed by atoms with E-state index in [1.165, 1.54) is 24.3 Å². The molecule has 0 aliphatic carbocycles. The number of phenolic OH excluding ortho intramolecular Hbond substituents is 1. The second-order valence-electron chi connectivity index (χ2n) is 3.23. The molecule has 4 heteroatoms. The largest absolute Gasteiger partial charge is 2.00 e.